The first-order valence-electron chi connectivity index (χ1n) is 5.04. The van der Waals surface area contributed by atoms with Gasteiger partial charge in [0.1, 0.15) is 0 Å². The fourth-order valence-corrected chi connectivity index (χ4v) is 2.46. The Labute approximate surface area is 99.2 Å². The summed E-state index contributed by atoms with van der Waals surface area (Å²) >= 11 is 7.89. The zero-order chi connectivity index (χ0) is 10.8. The molecule has 0 aliphatic heterocycles. The van der Waals surface area contributed by atoms with Crippen molar-refractivity contribution in [1.82, 2.24) is 4.98 Å². The highest BCUT2D eigenvalue weighted by Gasteiger charge is 2.04. The first kappa shape index (κ1) is 10.9. The summed E-state index contributed by atoms with van der Waals surface area (Å²) in [6.07, 6.45) is 2.08. The predicted molar refractivity (Wildman–Crippen MR) is 69.7 cm³/mol. The second-order valence-electron chi connectivity index (χ2n) is 3.86. The Kier molecular flexibility index (Phi) is 3.27. The SMILES string of the molecule is CC(C)SCc1c[nH]c2cc(Cl)ccc12. The van der Waals surface area contributed by atoms with Gasteiger partial charge in [0, 0.05) is 27.9 Å². The lowest BCUT2D eigenvalue weighted by Gasteiger charge is -2.03. The van der Waals surface area contributed by atoms with Gasteiger partial charge in [-0.2, -0.15) is 11.8 Å². The van der Waals surface area contributed by atoms with Crippen molar-refractivity contribution < 1.29 is 0 Å². The number of aromatic amines is 1. The molecule has 1 N–H and O–H groups in total. The van der Waals surface area contributed by atoms with Gasteiger partial charge in [-0.1, -0.05) is 31.5 Å². The third-order valence-corrected chi connectivity index (χ3v) is 3.68. The summed E-state index contributed by atoms with van der Waals surface area (Å²) in [6, 6.07) is 6.01. The molecule has 2 aromatic rings. The number of hydrogen-bond acceptors (Lipinski definition) is 1. The Morgan fingerprint density at radius 3 is 2.93 bits per heavy atom. The van der Waals surface area contributed by atoms with E-state index in [1.54, 1.807) is 0 Å². The number of hydrogen-bond donors (Lipinski definition) is 1. The minimum absolute atomic E-state index is 0.669. The molecule has 0 saturated heterocycles. The summed E-state index contributed by atoms with van der Waals surface area (Å²) in [5.41, 5.74) is 2.49. The van der Waals surface area contributed by atoms with Crippen LogP contribution in [-0.2, 0) is 5.75 Å². The van der Waals surface area contributed by atoms with Crippen LogP contribution in [0.15, 0.2) is 24.4 Å². The zero-order valence-corrected chi connectivity index (χ0v) is 10.5. The third-order valence-electron chi connectivity index (χ3n) is 2.30. The molecule has 2 rings (SSSR count). The lowest BCUT2D eigenvalue weighted by Crippen LogP contribution is -1.87. The first-order chi connectivity index (χ1) is 7.16. The Morgan fingerprint density at radius 2 is 2.20 bits per heavy atom. The number of thioether (sulfide) groups is 1. The maximum Gasteiger partial charge on any atom is 0.0472 e. The summed E-state index contributed by atoms with van der Waals surface area (Å²) < 4.78 is 0. The molecular formula is C12H14ClNS. The number of benzene rings is 1. The monoisotopic (exact) mass is 239 g/mol. The van der Waals surface area contributed by atoms with Gasteiger partial charge in [0.2, 0.25) is 0 Å². The highest BCUT2D eigenvalue weighted by Crippen LogP contribution is 2.26. The molecular weight excluding hydrogens is 226 g/mol. The van der Waals surface area contributed by atoms with Gasteiger partial charge in [0.05, 0.1) is 0 Å². The van der Waals surface area contributed by atoms with Gasteiger partial charge in [-0.15, -0.1) is 0 Å². The number of nitrogens with one attached hydrogen (secondary N) is 1. The molecule has 0 radical (unpaired) electrons. The van der Waals surface area contributed by atoms with Crippen molar-refractivity contribution in [2.24, 2.45) is 0 Å². The standard InChI is InChI=1S/C12H14ClNS/c1-8(2)15-7-9-6-14-12-5-10(13)3-4-11(9)12/h3-6,8,14H,7H2,1-2H3. The van der Waals surface area contributed by atoms with E-state index in [0.29, 0.717) is 5.25 Å². The van der Waals surface area contributed by atoms with E-state index in [4.69, 9.17) is 11.6 Å². The van der Waals surface area contributed by atoms with Crippen LogP contribution in [0.25, 0.3) is 10.9 Å². The summed E-state index contributed by atoms with van der Waals surface area (Å²) in [5, 5.41) is 2.74. The average Bonchev–Trinajstić information content (AvgIpc) is 2.57. The van der Waals surface area contributed by atoms with Crippen LogP contribution >= 0.6 is 23.4 Å². The smallest absolute Gasteiger partial charge is 0.0472 e. The van der Waals surface area contributed by atoms with E-state index in [-0.39, 0.29) is 0 Å². The Morgan fingerprint density at radius 1 is 1.40 bits per heavy atom. The highest BCUT2D eigenvalue weighted by atomic mass is 35.5. The van der Waals surface area contributed by atoms with Gasteiger partial charge in [0.15, 0.2) is 0 Å². The molecule has 1 nitrogen and oxygen atoms in total. The highest BCUT2D eigenvalue weighted by molar-refractivity contribution is 7.99. The van der Waals surface area contributed by atoms with Crippen LogP contribution in [0, 0.1) is 0 Å². The second-order valence-corrected chi connectivity index (χ2v) is 5.86. The summed E-state index contributed by atoms with van der Waals surface area (Å²) in [5.74, 6) is 1.05. The minimum atomic E-state index is 0.669. The lowest BCUT2D eigenvalue weighted by atomic mass is 10.2. The molecule has 0 atom stereocenters. The van der Waals surface area contributed by atoms with Crippen molar-refractivity contribution in [2.45, 2.75) is 24.9 Å². The number of fused-ring (bicyclic) bond motifs is 1. The van der Waals surface area contributed by atoms with Crippen LogP contribution in [-0.4, -0.2) is 10.2 Å². The predicted octanol–water partition coefficient (Wildman–Crippen LogP) is 4.46. The molecule has 3 heteroatoms. The summed E-state index contributed by atoms with van der Waals surface area (Å²) in [4.78, 5) is 3.25. The van der Waals surface area contributed by atoms with Gasteiger partial charge in [-0.05, 0) is 22.9 Å². The van der Waals surface area contributed by atoms with Crippen LogP contribution in [0.3, 0.4) is 0 Å². The van der Waals surface area contributed by atoms with Crippen molar-refractivity contribution in [3.63, 3.8) is 0 Å². The van der Waals surface area contributed by atoms with Crippen LogP contribution in [0.5, 0.6) is 0 Å². The van der Waals surface area contributed by atoms with Crippen molar-refractivity contribution in [3.8, 4) is 0 Å². The molecule has 0 spiro atoms. The van der Waals surface area contributed by atoms with E-state index in [1.807, 2.05) is 23.9 Å². The molecule has 1 aromatic heterocycles. The van der Waals surface area contributed by atoms with Crippen LogP contribution < -0.4 is 0 Å². The maximum atomic E-state index is 5.93. The lowest BCUT2D eigenvalue weighted by molar-refractivity contribution is 1.11. The van der Waals surface area contributed by atoms with Gasteiger partial charge in [-0.3, -0.25) is 0 Å². The van der Waals surface area contributed by atoms with Crippen molar-refractivity contribution >= 4 is 34.3 Å². The van der Waals surface area contributed by atoms with Gasteiger partial charge >= 0.3 is 0 Å². The molecule has 1 heterocycles. The molecule has 0 saturated carbocycles. The fourth-order valence-electron chi connectivity index (χ4n) is 1.53. The Hall–Kier alpha value is -0.600. The summed E-state index contributed by atoms with van der Waals surface area (Å²) in [7, 11) is 0. The fraction of sp³-hybridized carbons (Fsp3) is 0.333. The van der Waals surface area contributed by atoms with Gasteiger partial charge in [-0.25, -0.2) is 0 Å². The van der Waals surface area contributed by atoms with Crippen LogP contribution in [0.2, 0.25) is 5.02 Å². The molecule has 0 amide bonds. The molecule has 0 unspecified atom stereocenters. The summed E-state index contributed by atoms with van der Waals surface area (Å²) in [6.45, 7) is 4.44. The topological polar surface area (TPSA) is 15.8 Å². The molecule has 1 aromatic carbocycles. The molecule has 0 fully saturated rings. The van der Waals surface area contributed by atoms with E-state index in [1.165, 1.54) is 10.9 Å². The first-order valence-corrected chi connectivity index (χ1v) is 6.46. The number of H-pyrrole nitrogens is 1. The van der Waals surface area contributed by atoms with Crippen molar-refractivity contribution in [1.29, 1.82) is 0 Å². The quantitative estimate of drug-likeness (QED) is 0.836. The van der Waals surface area contributed by atoms with E-state index in [0.717, 1.165) is 16.3 Å². The number of aromatic nitrogens is 1. The van der Waals surface area contributed by atoms with Crippen LogP contribution in [0.1, 0.15) is 19.4 Å². The van der Waals surface area contributed by atoms with Gasteiger partial charge in [0.25, 0.3) is 0 Å². The molecule has 0 aliphatic rings. The number of halogens is 1. The maximum absolute atomic E-state index is 5.93. The minimum Gasteiger partial charge on any atom is -0.361 e. The number of rotatable bonds is 3. The van der Waals surface area contributed by atoms with Crippen molar-refractivity contribution in [2.75, 3.05) is 0 Å². The Balaban J connectivity index is 2.29. The third kappa shape index (κ3) is 2.50. The normalized spacial score (nSPS) is 11.5. The van der Waals surface area contributed by atoms with E-state index in [2.05, 4.69) is 31.1 Å². The Bertz CT molecular complexity index is 462. The molecule has 15 heavy (non-hydrogen) atoms. The van der Waals surface area contributed by atoms with Crippen molar-refractivity contribution in [3.05, 3.63) is 35.0 Å². The van der Waals surface area contributed by atoms with E-state index >= 15 is 0 Å². The molecule has 0 bridgehead atoms. The van der Waals surface area contributed by atoms with Gasteiger partial charge < -0.3 is 4.98 Å². The molecule has 0 aliphatic carbocycles. The van der Waals surface area contributed by atoms with Crippen LogP contribution in [0.4, 0.5) is 0 Å². The zero-order valence-electron chi connectivity index (χ0n) is 8.88. The van der Waals surface area contributed by atoms with E-state index < -0.39 is 0 Å². The largest absolute Gasteiger partial charge is 0.361 e. The van der Waals surface area contributed by atoms with E-state index in [9.17, 15) is 0 Å². The molecule has 80 valence electrons. The second kappa shape index (κ2) is 4.50. The average molecular weight is 240 g/mol.